The topological polar surface area (TPSA) is 20.3 Å². The molecule has 1 aromatic carbocycles. The van der Waals surface area contributed by atoms with Crippen molar-refractivity contribution in [2.45, 2.75) is 86.6 Å². The van der Waals surface area contributed by atoms with Crippen LogP contribution in [-0.2, 0) is 11.2 Å². The van der Waals surface area contributed by atoms with Gasteiger partial charge in [0.2, 0.25) is 5.91 Å². The molecular formula is C22H36FNO. The van der Waals surface area contributed by atoms with E-state index in [1.165, 1.54) is 12.5 Å². The zero-order valence-corrected chi connectivity index (χ0v) is 17.2. The van der Waals surface area contributed by atoms with Gasteiger partial charge in [-0.05, 0) is 48.9 Å². The van der Waals surface area contributed by atoms with Crippen LogP contribution in [0.25, 0.3) is 0 Å². The maximum absolute atomic E-state index is 13.9. The van der Waals surface area contributed by atoms with E-state index in [0.29, 0.717) is 12.0 Å². The van der Waals surface area contributed by atoms with Crippen LogP contribution in [0.4, 0.5) is 10.1 Å². The summed E-state index contributed by atoms with van der Waals surface area (Å²) >= 11 is 0. The number of unbranched alkanes of at least 4 members (excludes halogenated alkanes) is 2. The SMILES string of the molecule is CCCCCC(C)N(C(=O)C(C)C(C)(C)C)c1ccc(F)c(CC)c1. The second kappa shape index (κ2) is 9.35. The van der Waals surface area contributed by atoms with Gasteiger partial charge < -0.3 is 4.90 Å². The van der Waals surface area contributed by atoms with Crippen LogP contribution in [0.15, 0.2) is 18.2 Å². The molecule has 2 unspecified atom stereocenters. The maximum atomic E-state index is 13.9. The summed E-state index contributed by atoms with van der Waals surface area (Å²) in [5.74, 6) is -0.164. The number of nitrogens with zero attached hydrogens (tertiary/aromatic N) is 1. The molecule has 3 heteroatoms. The average Bonchev–Trinajstić information content (AvgIpc) is 2.55. The van der Waals surface area contributed by atoms with Crippen molar-refractivity contribution < 1.29 is 9.18 Å². The second-order valence-electron chi connectivity index (χ2n) is 8.27. The summed E-state index contributed by atoms with van der Waals surface area (Å²) in [5.41, 5.74) is 1.38. The third kappa shape index (κ3) is 5.83. The number of benzene rings is 1. The van der Waals surface area contributed by atoms with Crippen molar-refractivity contribution >= 4 is 11.6 Å². The van der Waals surface area contributed by atoms with Gasteiger partial charge in [-0.1, -0.05) is 60.8 Å². The highest BCUT2D eigenvalue weighted by molar-refractivity contribution is 5.95. The highest BCUT2D eigenvalue weighted by Gasteiger charge is 2.33. The standard InChI is InChI=1S/C22H36FNO/c1-8-10-11-12-16(3)24(21(25)17(4)22(5,6)7)19-13-14-20(23)18(9-2)15-19/h13-17H,8-12H2,1-7H3. The summed E-state index contributed by atoms with van der Waals surface area (Å²) in [7, 11) is 0. The Balaban J connectivity index is 3.20. The number of carbonyl (C=O) groups excluding carboxylic acids is 1. The zero-order chi connectivity index (χ0) is 19.2. The second-order valence-corrected chi connectivity index (χ2v) is 8.27. The van der Waals surface area contributed by atoms with Gasteiger partial charge in [0, 0.05) is 17.6 Å². The molecule has 0 saturated heterocycles. The fraction of sp³-hybridized carbons (Fsp3) is 0.682. The van der Waals surface area contributed by atoms with E-state index in [2.05, 4.69) is 34.6 Å². The van der Waals surface area contributed by atoms with Crippen LogP contribution in [-0.4, -0.2) is 11.9 Å². The molecule has 0 aliphatic rings. The minimum absolute atomic E-state index is 0.101. The summed E-state index contributed by atoms with van der Waals surface area (Å²) in [6.45, 7) is 14.5. The Hall–Kier alpha value is -1.38. The third-order valence-corrected chi connectivity index (χ3v) is 5.26. The first-order valence-electron chi connectivity index (χ1n) is 9.74. The van der Waals surface area contributed by atoms with Gasteiger partial charge in [-0.15, -0.1) is 0 Å². The summed E-state index contributed by atoms with van der Waals surface area (Å²) < 4.78 is 13.9. The first kappa shape index (κ1) is 21.7. The molecule has 0 aromatic heterocycles. The molecule has 1 aromatic rings. The van der Waals surface area contributed by atoms with Crippen molar-refractivity contribution in [1.29, 1.82) is 0 Å². The van der Waals surface area contributed by atoms with Crippen LogP contribution in [0, 0.1) is 17.2 Å². The minimum atomic E-state index is -0.193. The summed E-state index contributed by atoms with van der Waals surface area (Å²) in [6.07, 6.45) is 5.03. The summed E-state index contributed by atoms with van der Waals surface area (Å²) in [6, 6.07) is 5.20. The molecule has 0 spiro atoms. The molecule has 0 heterocycles. The van der Waals surface area contributed by atoms with Crippen molar-refractivity contribution in [2.24, 2.45) is 11.3 Å². The van der Waals surface area contributed by atoms with E-state index in [4.69, 9.17) is 0 Å². The number of hydrogen-bond acceptors (Lipinski definition) is 1. The number of rotatable bonds is 8. The van der Waals surface area contributed by atoms with Gasteiger partial charge in [0.25, 0.3) is 0 Å². The molecule has 1 rings (SSSR count). The highest BCUT2D eigenvalue weighted by atomic mass is 19.1. The number of hydrogen-bond donors (Lipinski definition) is 0. The highest BCUT2D eigenvalue weighted by Crippen LogP contribution is 2.31. The number of amides is 1. The van der Waals surface area contributed by atoms with Crippen molar-refractivity contribution in [2.75, 3.05) is 4.90 Å². The quantitative estimate of drug-likeness (QED) is 0.499. The van der Waals surface area contributed by atoms with E-state index in [1.54, 1.807) is 6.07 Å². The molecular weight excluding hydrogens is 313 g/mol. The van der Waals surface area contributed by atoms with Crippen molar-refractivity contribution in [3.63, 3.8) is 0 Å². The molecule has 142 valence electrons. The first-order valence-corrected chi connectivity index (χ1v) is 9.74. The minimum Gasteiger partial charge on any atom is -0.309 e. The predicted molar refractivity (Wildman–Crippen MR) is 105 cm³/mol. The van der Waals surface area contributed by atoms with Crippen molar-refractivity contribution in [3.05, 3.63) is 29.6 Å². The Labute approximate surface area is 153 Å². The van der Waals surface area contributed by atoms with Crippen LogP contribution in [0.2, 0.25) is 0 Å². The Kier molecular flexibility index (Phi) is 8.11. The molecule has 0 aliphatic heterocycles. The number of carbonyl (C=O) groups is 1. The van der Waals surface area contributed by atoms with Crippen molar-refractivity contribution in [1.82, 2.24) is 0 Å². The zero-order valence-electron chi connectivity index (χ0n) is 17.2. The molecule has 0 bridgehead atoms. The first-order chi connectivity index (χ1) is 11.6. The fourth-order valence-electron chi connectivity index (χ4n) is 2.98. The molecule has 0 fully saturated rings. The van der Waals surface area contributed by atoms with Gasteiger partial charge in [-0.3, -0.25) is 4.79 Å². The van der Waals surface area contributed by atoms with Crippen LogP contribution in [0.3, 0.4) is 0 Å². The lowest BCUT2D eigenvalue weighted by atomic mass is 9.81. The van der Waals surface area contributed by atoms with Crippen LogP contribution in [0.5, 0.6) is 0 Å². The number of aryl methyl sites for hydroxylation is 1. The summed E-state index contributed by atoms with van der Waals surface area (Å²) in [5, 5.41) is 0. The van der Waals surface area contributed by atoms with E-state index in [-0.39, 0.29) is 29.1 Å². The van der Waals surface area contributed by atoms with Gasteiger partial charge in [0.05, 0.1) is 0 Å². The van der Waals surface area contributed by atoms with Gasteiger partial charge in [-0.2, -0.15) is 0 Å². The monoisotopic (exact) mass is 349 g/mol. The van der Waals surface area contributed by atoms with E-state index >= 15 is 0 Å². The predicted octanol–water partition coefficient (Wildman–Crippen LogP) is 6.37. The van der Waals surface area contributed by atoms with E-state index < -0.39 is 0 Å². The average molecular weight is 350 g/mol. The van der Waals surface area contributed by atoms with Gasteiger partial charge in [-0.25, -0.2) is 4.39 Å². The van der Waals surface area contributed by atoms with Crippen LogP contribution in [0.1, 0.15) is 79.7 Å². The molecule has 25 heavy (non-hydrogen) atoms. The number of halogens is 1. The normalized spacial score (nSPS) is 14.2. The van der Waals surface area contributed by atoms with Crippen LogP contribution < -0.4 is 4.90 Å². The Morgan fingerprint density at radius 2 is 1.80 bits per heavy atom. The lowest BCUT2D eigenvalue weighted by Gasteiger charge is -2.36. The molecule has 2 atom stereocenters. The maximum Gasteiger partial charge on any atom is 0.230 e. The molecule has 1 amide bonds. The smallest absolute Gasteiger partial charge is 0.230 e. The largest absolute Gasteiger partial charge is 0.309 e. The molecule has 0 radical (unpaired) electrons. The molecule has 0 aliphatic carbocycles. The molecule has 0 N–H and O–H groups in total. The van der Waals surface area contributed by atoms with E-state index in [0.717, 1.165) is 24.9 Å². The lowest BCUT2D eigenvalue weighted by Crippen LogP contribution is -2.45. The van der Waals surface area contributed by atoms with Crippen molar-refractivity contribution in [3.8, 4) is 0 Å². The summed E-state index contributed by atoms with van der Waals surface area (Å²) in [4.78, 5) is 15.2. The fourth-order valence-corrected chi connectivity index (χ4v) is 2.98. The van der Waals surface area contributed by atoms with Gasteiger partial charge >= 0.3 is 0 Å². The lowest BCUT2D eigenvalue weighted by molar-refractivity contribution is -0.125. The van der Waals surface area contributed by atoms with Gasteiger partial charge in [0.1, 0.15) is 5.82 Å². The van der Waals surface area contributed by atoms with Crippen LogP contribution >= 0.6 is 0 Å². The van der Waals surface area contributed by atoms with E-state index in [9.17, 15) is 9.18 Å². The Morgan fingerprint density at radius 3 is 2.32 bits per heavy atom. The van der Waals surface area contributed by atoms with E-state index in [1.807, 2.05) is 24.8 Å². The Morgan fingerprint density at radius 1 is 1.16 bits per heavy atom. The third-order valence-electron chi connectivity index (χ3n) is 5.26. The molecule has 0 saturated carbocycles. The van der Waals surface area contributed by atoms with Gasteiger partial charge in [0.15, 0.2) is 0 Å². The molecule has 2 nitrogen and oxygen atoms in total. The Bertz CT molecular complexity index is 562. The number of anilines is 1.